The number of ether oxygens (including phenoxy) is 2. The molecule has 0 radical (unpaired) electrons. The number of carbonyl (C=O) groups excluding carboxylic acids is 2. The zero-order valence-electron chi connectivity index (χ0n) is 17.9. The molecule has 2 heterocycles. The van der Waals surface area contributed by atoms with Gasteiger partial charge in [-0.25, -0.2) is 4.79 Å². The number of unbranched alkanes of at least 4 members (excludes halogenated alkanes) is 3. The molecule has 0 saturated carbocycles. The monoisotopic (exact) mass is 424 g/mol. The molecule has 2 aliphatic heterocycles. The van der Waals surface area contributed by atoms with Crippen molar-refractivity contribution in [2.45, 2.75) is 76.9 Å². The quantitative estimate of drug-likeness (QED) is 0.292. The van der Waals surface area contributed by atoms with Crippen LogP contribution in [-0.2, 0) is 19.1 Å². The summed E-state index contributed by atoms with van der Waals surface area (Å²) >= 11 is 0. The molecule has 0 aromatic rings. The Morgan fingerprint density at radius 3 is 2.57 bits per heavy atom. The highest BCUT2D eigenvalue weighted by molar-refractivity contribution is 5.80. The van der Waals surface area contributed by atoms with E-state index < -0.39 is 12.1 Å². The summed E-state index contributed by atoms with van der Waals surface area (Å²) in [4.78, 5) is 34.2. The van der Waals surface area contributed by atoms with E-state index in [2.05, 4.69) is 23.6 Å². The third-order valence-electron chi connectivity index (χ3n) is 5.85. The second kappa shape index (κ2) is 13.3. The van der Waals surface area contributed by atoms with Crippen molar-refractivity contribution < 1.29 is 29.0 Å². The van der Waals surface area contributed by atoms with Crippen molar-refractivity contribution in [3.05, 3.63) is 12.2 Å². The minimum atomic E-state index is -0.765. The standard InChI is InChI=1S/C22H36N2O6/c1-2-3-8-13-23-22(28)29-15-20(25)24-14-17-16(18-11-12-19(17)30-18)9-6-4-5-7-10-21(26)27/h4,6,16-19H,2-3,5,7-15H2,1H3,(H,23,28)(H,24,25)(H,26,27)/t16-,17+,18-,19+/m1/s1. The number of nitrogens with one attached hydrogen (secondary N) is 2. The Morgan fingerprint density at radius 2 is 1.83 bits per heavy atom. The third kappa shape index (κ3) is 8.34. The van der Waals surface area contributed by atoms with Gasteiger partial charge in [-0.1, -0.05) is 31.9 Å². The van der Waals surface area contributed by atoms with Crippen molar-refractivity contribution in [3.8, 4) is 0 Å². The summed E-state index contributed by atoms with van der Waals surface area (Å²) in [5.41, 5.74) is 0. The van der Waals surface area contributed by atoms with E-state index in [-0.39, 0.29) is 37.1 Å². The molecule has 30 heavy (non-hydrogen) atoms. The number of rotatable bonds is 14. The number of hydrogen-bond acceptors (Lipinski definition) is 5. The summed E-state index contributed by atoms with van der Waals surface area (Å²) in [5.74, 6) is -0.468. The van der Waals surface area contributed by atoms with Crippen LogP contribution in [0.4, 0.5) is 4.79 Å². The molecule has 0 aromatic carbocycles. The van der Waals surface area contributed by atoms with Gasteiger partial charge in [0.05, 0.1) is 12.2 Å². The number of allylic oxidation sites excluding steroid dienone is 2. The lowest BCUT2D eigenvalue weighted by Crippen LogP contribution is -2.40. The zero-order chi connectivity index (χ0) is 21.8. The smallest absolute Gasteiger partial charge is 0.407 e. The lowest BCUT2D eigenvalue weighted by Gasteiger charge is -2.27. The number of carboxylic acid groups (broad SMARTS) is 1. The summed E-state index contributed by atoms with van der Waals surface area (Å²) in [6.45, 7) is 2.88. The van der Waals surface area contributed by atoms with E-state index in [1.807, 2.05) is 6.08 Å². The van der Waals surface area contributed by atoms with Gasteiger partial charge in [-0.05, 0) is 44.4 Å². The van der Waals surface area contributed by atoms with E-state index in [9.17, 15) is 14.4 Å². The van der Waals surface area contributed by atoms with E-state index in [1.54, 1.807) is 0 Å². The summed E-state index contributed by atoms with van der Waals surface area (Å²) in [7, 11) is 0. The topological polar surface area (TPSA) is 114 Å². The first-order valence-electron chi connectivity index (χ1n) is 11.2. The Hall–Kier alpha value is -2.09. The molecule has 2 amide bonds. The van der Waals surface area contributed by atoms with E-state index in [1.165, 1.54) is 0 Å². The van der Waals surface area contributed by atoms with Crippen molar-refractivity contribution in [2.75, 3.05) is 19.7 Å². The molecular formula is C22H36N2O6. The normalized spacial score (nSPS) is 24.8. The van der Waals surface area contributed by atoms with Crippen LogP contribution in [0.2, 0.25) is 0 Å². The second-order valence-electron chi connectivity index (χ2n) is 8.13. The highest BCUT2D eigenvalue weighted by Crippen LogP contribution is 2.44. The number of amides is 2. The molecule has 2 rings (SSSR count). The van der Waals surface area contributed by atoms with E-state index in [0.29, 0.717) is 25.4 Å². The molecule has 8 nitrogen and oxygen atoms in total. The summed E-state index contributed by atoms with van der Waals surface area (Å²) in [6, 6.07) is 0. The molecule has 2 bridgehead atoms. The van der Waals surface area contributed by atoms with Gasteiger partial charge < -0.3 is 25.2 Å². The Labute approximate surface area is 178 Å². The maximum atomic E-state index is 12.1. The lowest BCUT2D eigenvalue weighted by molar-refractivity contribution is -0.137. The third-order valence-corrected chi connectivity index (χ3v) is 5.85. The first-order chi connectivity index (χ1) is 14.5. The van der Waals surface area contributed by atoms with Crippen LogP contribution in [0.15, 0.2) is 12.2 Å². The van der Waals surface area contributed by atoms with Gasteiger partial charge in [0, 0.05) is 25.4 Å². The van der Waals surface area contributed by atoms with Gasteiger partial charge in [0.25, 0.3) is 5.91 Å². The van der Waals surface area contributed by atoms with Crippen LogP contribution in [-0.4, -0.2) is 55.0 Å². The molecule has 170 valence electrons. The predicted molar refractivity (Wildman–Crippen MR) is 112 cm³/mol. The first-order valence-corrected chi connectivity index (χ1v) is 11.2. The number of carboxylic acids is 1. The highest BCUT2D eigenvalue weighted by Gasteiger charge is 2.47. The molecule has 0 spiro atoms. The van der Waals surface area contributed by atoms with Crippen molar-refractivity contribution in [2.24, 2.45) is 11.8 Å². The molecule has 0 aromatic heterocycles. The molecular weight excluding hydrogens is 388 g/mol. The number of carbonyl (C=O) groups is 3. The van der Waals surface area contributed by atoms with Crippen molar-refractivity contribution in [1.29, 1.82) is 0 Å². The maximum Gasteiger partial charge on any atom is 0.407 e. The average molecular weight is 425 g/mol. The van der Waals surface area contributed by atoms with Crippen LogP contribution in [0.3, 0.4) is 0 Å². The van der Waals surface area contributed by atoms with Crippen LogP contribution in [0, 0.1) is 11.8 Å². The first kappa shape index (κ1) is 24.2. The number of fused-ring (bicyclic) bond motifs is 2. The van der Waals surface area contributed by atoms with Gasteiger partial charge in [0.15, 0.2) is 6.61 Å². The van der Waals surface area contributed by atoms with E-state index in [4.69, 9.17) is 14.6 Å². The number of alkyl carbamates (subject to hydrolysis) is 1. The molecule has 3 N–H and O–H groups in total. The Kier molecular flexibility index (Phi) is 10.7. The van der Waals surface area contributed by atoms with Gasteiger partial charge >= 0.3 is 12.1 Å². The Bertz CT molecular complexity index is 594. The molecule has 4 atom stereocenters. The Balaban J connectivity index is 1.66. The van der Waals surface area contributed by atoms with Gasteiger partial charge in [0.1, 0.15) is 0 Å². The fourth-order valence-corrected chi connectivity index (χ4v) is 4.25. The molecule has 0 unspecified atom stereocenters. The number of hydrogen-bond donors (Lipinski definition) is 3. The average Bonchev–Trinajstić information content (AvgIpc) is 3.32. The SMILES string of the molecule is CCCCCNC(=O)OCC(=O)NC[C@H]1[C@@H](CC=CCCCC(=O)O)[C@H]2CC[C@@H]1O2. The summed E-state index contributed by atoms with van der Waals surface area (Å²) in [6.07, 6.45) is 11.5. The van der Waals surface area contributed by atoms with Crippen LogP contribution >= 0.6 is 0 Å². The highest BCUT2D eigenvalue weighted by atomic mass is 16.6. The van der Waals surface area contributed by atoms with Gasteiger partial charge in [-0.15, -0.1) is 0 Å². The minimum absolute atomic E-state index is 0.170. The van der Waals surface area contributed by atoms with E-state index >= 15 is 0 Å². The zero-order valence-corrected chi connectivity index (χ0v) is 17.9. The van der Waals surface area contributed by atoms with Crippen LogP contribution in [0.1, 0.15) is 64.7 Å². The van der Waals surface area contributed by atoms with Crippen LogP contribution < -0.4 is 10.6 Å². The van der Waals surface area contributed by atoms with E-state index in [0.717, 1.165) is 44.9 Å². The number of aliphatic carboxylic acids is 1. The fraction of sp³-hybridized carbons (Fsp3) is 0.773. The molecule has 8 heteroatoms. The minimum Gasteiger partial charge on any atom is -0.481 e. The molecule has 2 saturated heterocycles. The summed E-state index contributed by atoms with van der Waals surface area (Å²) < 4.78 is 11.0. The molecule has 0 aliphatic carbocycles. The Morgan fingerprint density at radius 1 is 1.07 bits per heavy atom. The molecule has 2 aliphatic rings. The lowest BCUT2D eigenvalue weighted by atomic mass is 9.77. The van der Waals surface area contributed by atoms with Gasteiger partial charge in [0.2, 0.25) is 0 Å². The van der Waals surface area contributed by atoms with Crippen LogP contribution in [0.5, 0.6) is 0 Å². The van der Waals surface area contributed by atoms with Gasteiger partial charge in [-0.2, -0.15) is 0 Å². The van der Waals surface area contributed by atoms with Crippen LogP contribution in [0.25, 0.3) is 0 Å². The van der Waals surface area contributed by atoms with Crippen molar-refractivity contribution in [3.63, 3.8) is 0 Å². The van der Waals surface area contributed by atoms with Crippen molar-refractivity contribution in [1.82, 2.24) is 10.6 Å². The van der Waals surface area contributed by atoms with Crippen molar-refractivity contribution >= 4 is 18.0 Å². The fourth-order valence-electron chi connectivity index (χ4n) is 4.25. The second-order valence-corrected chi connectivity index (χ2v) is 8.13. The summed E-state index contributed by atoms with van der Waals surface area (Å²) in [5, 5.41) is 14.2. The largest absolute Gasteiger partial charge is 0.481 e. The molecule has 2 fully saturated rings. The maximum absolute atomic E-state index is 12.1. The van der Waals surface area contributed by atoms with Gasteiger partial charge in [-0.3, -0.25) is 9.59 Å². The predicted octanol–water partition coefficient (Wildman–Crippen LogP) is 3.01.